The van der Waals surface area contributed by atoms with Crippen LogP contribution in [0, 0.1) is 5.82 Å². The Morgan fingerprint density at radius 2 is 2.07 bits per heavy atom. The predicted molar refractivity (Wildman–Crippen MR) is 103 cm³/mol. The lowest BCUT2D eigenvalue weighted by Gasteiger charge is -2.22. The van der Waals surface area contributed by atoms with Gasteiger partial charge in [0, 0.05) is 24.7 Å². The van der Waals surface area contributed by atoms with Gasteiger partial charge in [-0.05, 0) is 43.2 Å². The smallest absolute Gasteiger partial charge is 0.259 e. The Morgan fingerprint density at radius 1 is 1.26 bits per heavy atom. The van der Waals surface area contributed by atoms with Gasteiger partial charge in [-0.15, -0.1) is 10.2 Å². The molecule has 0 radical (unpaired) electrons. The minimum atomic E-state index is -0.260. The summed E-state index contributed by atoms with van der Waals surface area (Å²) in [6, 6.07) is 10.6. The first-order valence-corrected chi connectivity index (χ1v) is 9.54. The SMILES string of the molecule is CC1CC(c2ccc(F)cc2)CN1c1ccc(C(=O)Nc2nncs2)cn1. The summed E-state index contributed by atoms with van der Waals surface area (Å²) in [7, 11) is 0. The number of hydrogen-bond donors (Lipinski definition) is 1. The van der Waals surface area contributed by atoms with Gasteiger partial charge in [0.25, 0.3) is 5.91 Å². The largest absolute Gasteiger partial charge is 0.353 e. The summed E-state index contributed by atoms with van der Waals surface area (Å²) in [5.41, 5.74) is 3.16. The summed E-state index contributed by atoms with van der Waals surface area (Å²) in [5.74, 6) is 0.692. The Labute approximate surface area is 160 Å². The van der Waals surface area contributed by atoms with Gasteiger partial charge in [-0.1, -0.05) is 23.5 Å². The number of halogens is 1. The van der Waals surface area contributed by atoms with E-state index in [1.165, 1.54) is 23.5 Å². The zero-order valence-corrected chi connectivity index (χ0v) is 15.5. The van der Waals surface area contributed by atoms with E-state index >= 15 is 0 Å². The van der Waals surface area contributed by atoms with E-state index in [1.54, 1.807) is 17.8 Å². The molecule has 0 aliphatic carbocycles. The molecular weight excluding hydrogens is 365 g/mol. The quantitative estimate of drug-likeness (QED) is 0.744. The van der Waals surface area contributed by atoms with Crippen molar-refractivity contribution in [1.29, 1.82) is 0 Å². The van der Waals surface area contributed by atoms with Gasteiger partial charge in [-0.25, -0.2) is 9.37 Å². The van der Waals surface area contributed by atoms with Crippen molar-refractivity contribution in [3.63, 3.8) is 0 Å². The molecule has 1 aliphatic heterocycles. The van der Waals surface area contributed by atoms with E-state index in [4.69, 9.17) is 0 Å². The van der Waals surface area contributed by atoms with Crippen LogP contribution in [0.25, 0.3) is 0 Å². The zero-order chi connectivity index (χ0) is 18.8. The summed E-state index contributed by atoms with van der Waals surface area (Å²) < 4.78 is 13.2. The Morgan fingerprint density at radius 3 is 2.74 bits per heavy atom. The molecule has 0 spiro atoms. The van der Waals surface area contributed by atoms with Gasteiger partial charge in [0.05, 0.1) is 5.56 Å². The van der Waals surface area contributed by atoms with Crippen molar-refractivity contribution in [2.45, 2.75) is 25.3 Å². The average molecular weight is 383 g/mol. The number of benzene rings is 1. The van der Waals surface area contributed by atoms with Crippen molar-refractivity contribution in [2.75, 3.05) is 16.8 Å². The fourth-order valence-corrected chi connectivity index (χ4v) is 3.85. The minimum Gasteiger partial charge on any atom is -0.353 e. The van der Waals surface area contributed by atoms with Crippen LogP contribution in [0.5, 0.6) is 0 Å². The zero-order valence-electron chi connectivity index (χ0n) is 14.7. The number of nitrogens with one attached hydrogen (secondary N) is 1. The van der Waals surface area contributed by atoms with Gasteiger partial charge < -0.3 is 4.90 Å². The lowest BCUT2D eigenvalue weighted by atomic mass is 9.97. The standard InChI is InChI=1S/C19H18FN5OS/c1-12-8-15(13-2-5-16(20)6-3-13)10-25(12)17-7-4-14(9-21-17)18(26)23-19-24-22-11-27-19/h2-7,9,11-12,15H,8,10H2,1H3,(H,23,24,26). The predicted octanol–water partition coefficient (Wildman–Crippen LogP) is 3.71. The van der Waals surface area contributed by atoms with Crippen LogP contribution in [-0.2, 0) is 0 Å². The summed E-state index contributed by atoms with van der Waals surface area (Å²) in [5, 5.41) is 10.6. The molecule has 6 nitrogen and oxygen atoms in total. The first kappa shape index (κ1) is 17.5. The fraction of sp³-hybridized carbons (Fsp3) is 0.263. The Hall–Kier alpha value is -2.87. The van der Waals surface area contributed by atoms with Crippen LogP contribution in [0.4, 0.5) is 15.3 Å². The highest BCUT2D eigenvalue weighted by Crippen LogP contribution is 2.34. The van der Waals surface area contributed by atoms with Crippen molar-refractivity contribution < 1.29 is 9.18 Å². The molecule has 2 aromatic heterocycles. The van der Waals surface area contributed by atoms with Gasteiger partial charge in [-0.3, -0.25) is 10.1 Å². The number of rotatable bonds is 4. The topological polar surface area (TPSA) is 71.0 Å². The van der Waals surface area contributed by atoms with Crippen LogP contribution in [0.15, 0.2) is 48.1 Å². The first-order valence-electron chi connectivity index (χ1n) is 8.66. The van der Waals surface area contributed by atoms with Crippen LogP contribution < -0.4 is 10.2 Å². The van der Waals surface area contributed by atoms with E-state index < -0.39 is 0 Å². The molecule has 138 valence electrons. The first-order chi connectivity index (χ1) is 13.1. The third-order valence-electron chi connectivity index (χ3n) is 4.80. The molecule has 1 saturated heterocycles. The molecule has 27 heavy (non-hydrogen) atoms. The van der Waals surface area contributed by atoms with Crippen LogP contribution >= 0.6 is 11.3 Å². The molecular formula is C19H18FN5OS. The molecule has 1 amide bonds. The average Bonchev–Trinajstić information content (AvgIpc) is 3.32. The maximum atomic E-state index is 13.2. The van der Waals surface area contributed by atoms with E-state index in [0.29, 0.717) is 22.7 Å². The summed E-state index contributed by atoms with van der Waals surface area (Å²) in [4.78, 5) is 18.9. The third kappa shape index (κ3) is 3.80. The van der Waals surface area contributed by atoms with Crippen molar-refractivity contribution in [3.8, 4) is 0 Å². The van der Waals surface area contributed by atoms with Crippen molar-refractivity contribution in [1.82, 2.24) is 15.2 Å². The van der Waals surface area contributed by atoms with E-state index in [0.717, 1.165) is 24.3 Å². The number of nitrogens with zero attached hydrogens (tertiary/aromatic N) is 4. The number of pyridine rings is 1. The second-order valence-corrected chi connectivity index (χ2v) is 7.42. The normalized spacial score (nSPS) is 19.3. The Balaban J connectivity index is 1.45. The number of hydrogen-bond acceptors (Lipinski definition) is 6. The summed E-state index contributed by atoms with van der Waals surface area (Å²) in [6.45, 7) is 2.97. The molecule has 1 aliphatic rings. The van der Waals surface area contributed by atoms with Crippen LogP contribution in [-0.4, -0.2) is 33.7 Å². The summed E-state index contributed by atoms with van der Waals surface area (Å²) in [6.07, 6.45) is 2.55. The van der Waals surface area contributed by atoms with Crippen LogP contribution in [0.2, 0.25) is 0 Å². The third-order valence-corrected chi connectivity index (χ3v) is 5.41. The molecule has 0 bridgehead atoms. The van der Waals surface area contributed by atoms with Gasteiger partial charge in [-0.2, -0.15) is 0 Å². The number of carbonyl (C=O) groups is 1. The molecule has 1 aromatic carbocycles. The number of aromatic nitrogens is 3. The molecule has 0 saturated carbocycles. The highest BCUT2D eigenvalue weighted by Gasteiger charge is 2.31. The monoisotopic (exact) mass is 383 g/mol. The lowest BCUT2D eigenvalue weighted by Crippen LogP contribution is -2.27. The van der Waals surface area contributed by atoms with E-state index in [9.17, 15) is 9.18 Å². The fourth-order valence-electron chi connectivity index (χ4n) is 3.41. The van der Waals surface area contributed by atoms with Crippen LogP contribution in [0.3, 0.4) is 0 Å². The highest BCUT2D eigenvalue weighted by atomic mass is 32.1. The molecule has 3 heterocycles. The molecule has 8 heteroatoms. The Kier molecular flexibility index (Phi) is 4.81. The van der Waals surface area contributed by atoms with Gasteiger partial charge in [0.15, 0.2) is 0 Å². The van der Waals surface area contributed by atoms with E-state index in [1.807, 2.05) is 18.2 Å². The van der Waals surface area contributed by atoms with Gasteiger partial charge >= 0.3 is 0 Å². The van der Waals surface area contributed by atoms with E-state index in [2.05, 4.69) is 32.3 Å². The molecule has 1 fully saturated rings. The van der Waals surface area contributed by atoms with Crippen molar-refractivity contribution in [2.24, 2.45) is 0 Å². The summed E-state index contributed by atoms with van der Waals surface area (Å²) >= 11 is 1.26. The number of amides is 1. The van der Waals surface area contributed by atoms with E-state index in [-0.39, 0.29) is 11.7 Å². The minimum absolute atomic E-state index is 0.217. The van der Waals surface area contributed by atoms with Crippen molar-refractivity contribution >= 4 is 28.2 Å². The maximum Gasteiger partial charge on any atom is 0.259 e. The lowest BCUT2D eigenvalue weighted by molar-refractivity contribution is 0.102. The second-order valence-electron chi connectivity index (χ2n) is 6.59. The molecule has 3 aromatic rings. The maximum absolute atomic E-state index is 13.2. The van der Waals surface area contributed by atoms with Gasteiger partial charge in [0.1, 0.15) is 17.1 Å². The van der Waals surface area contributed by atoms with Crippen molar-refractivity contribution in [3.05, 3.63) is 65.0 Å². The number of anilines is 2. The highest BCUT2D eigenvalue weighted by molar-refractivity contribution is 7.13. The molecule has 1 N–H and O–H groups in total. The molecule has 2 unspecified atom stereocenters. The Bertz CT molecular complexity index is 914. The molecule has 4 rings (SSSR count). The van der Waals surface area contributed by atoms with Crippen LogP contribution in [0.1, 0.15) is 35.2 Å². The second kappa shape index (κ2) is 7.40. The number of carbonyl (C=O) groups excluding carboxylic acids is 1. The van der Waals surface area contributed by atoms with Gasteiger partial charge in [0.2, 0.25) is 5.13 Å². The molecule has 2 atom stereocenters.